The van der Waals surface area contributed by atoms with E-state index in [1.807, 2.05) is 18.5 Å². The topological polar surface area (TPSA) is 38.9 Å². The van der Waals surface area contributed by atoms with Crippen molar-refractivity contribution in [3.8, 4) is 0 Å². The molecular formula is C17H28N2. The van der Waals surface area contributed by atoms with E-state index in [4.69, 9.17) is 5.73 Å². The fraction of sp³-hybridized carbons (Fsp3) is 0.706. The zero-order valence-corrected chi connectivity index (χ0v) is 12.2. The number of hydrogen-bond acceptors (Lipinski definition) is 2. The van der Waals surface area contributed by atoms with Crippen LogP contribution in [0, 0.1) is 11.8 Å². The largest absolute Gasteiger partial charge is 0.327 e. The summed E-state index contributed by atoms with van der Waals surface area (Å²) in [6.07, 6.45) is 14.4. The summed E-state index contributed by atoms with van der Waals surface area (Å²) >= 11 is 0. The predicted molar refractivity (Wildman–Crippen MR) is 80.9 cm³/mol. The van der Waals surface area contributed by atoms with E-state index in [0.29, 0.717) is 6.04 Å². The average molecular weight is 260 g/mol. The molecule has 2 rings (SSSR count). The molecule has 0 aliphatic heterocycles. The van der Waals surface area contributed by atoms with Crippen molar-refractivity contribution in [2.45, 2.75) is 64.3 Å². The van der Waals surface area contributed by atoms with Crippen molar-refractivity contribution in [3.63, 3.8) is 0 Å². The van der Waals surface area contributed by atoms with Gasteiger partial charge in [-0.15, -0.1) is 0 Å². The van der Waals surface area contributed by atoms with Crippen LogP contribution in [-0.2, 0) is 6.42 Å². The maximum Gasteiger partial charge on any atom is 0.0300 e. The third-order valence-corrected chi connectivity index (χ3v) is 4.66. The molecule has 1 saturated carbocycles. The fourth-order valence-electron chi connectivity index (χ4n) is 3.36. The molecule has 106 valence electrons. The molecular weight excluding hydrogens is 232 g/mol. The Kier molecular flexibility index (Phi) is 5.84. The van der Waals surface area contributed by atoms with Gasteiger partial charge in [0.15, 0.2) is 0 Å². The zero-order valence-electron chi connectivity index (χ0n) is 12.2. The summed E-state index contributed by atoms with van der Waals surface area (Å²) in [5.74, 6) is 1.69. The Morgan fingerprint density at radius 3 is 2.74 bits per heavy atom. The molecule has 1 fully saturated rings. The lowest BCUT2D eigenvalue weighted by molar-refractivity contribution is 0.230. The predicted octanol–water partition coefficient (Wildman–Crippen LogP) is 3.95. The van der Waals surface area contributed by atoms with E-state index in [1.54, 1.807) is 0 Å². The number of unbranched alkanes of at least 4 members (excludes halogenated alkanes) is 1. The second-order valence-corrected chi connectivity index (χ2v) is 6.15. The van der Waals surface area contributed by atoms with Gasteiger partial charge < -0.3 is 5.73 Å². The van der Waals surface area contributed by atoms with Crippen LogP contribution in [0.15, 0.2) is 24.5 Å². The molecule has 0 radical (unpaired) electrons. The molecule has 1 aliphatic carbocycles. The number of hydrogen-bond donors (Lipinski definition) is 1. The van der Waals surface area contributed by atoms with E-state index in [2.05, 4.69) is 18.0 Å². The fourth-order valence-corrected chi connectivity index (χ4v) is 3.36. The van der Waals surface area contributed by atoms with E-state index >= 15 is 0 Å². The van der Waals surface area contributed by atoms with Gasteiger partial charge in [0, 0.05) is 18.4 Å². The highest BCUT2D eigenvalue weighted by molar-refractivity contribution is 5.10. The number of nitrogens with zero attached hydrogens (tertiary/aromatic N) is 1. The third kappa shape index (κ3) is 4.61. The van der Waals surface area contributed by atoms with Gasteiger partial charge in [-0.25, -0.2) is 0 Å². The van der Waals surface area contributed by atoms with E-state index in [0.717, 1.165) is 18.3 Å². The summed E-state index contributed by atoms with van der Waals surface area (Å²) in [4.78, 5) is 4.17. The second-order valence-electron chi connectivity index (χ2n) is 6.15. The first-order chi connectivity index (χ1) is 9.29. The molecule has 1 unspecified atom stereocenters. The quantitative estimate of drug-likeness (QED) is 0.841. The standard InChI is InChI=1S/C17H28N2/c1-2-3-5-14-7-9-16(10-8-14)17(18)12-15-6-4-11-19-13-15/h4,6,11,13-14,16-17H,2-3,5,7-10,12,18H2,1H3. The summed E-state index contributed by atoms with van der Waals surface area (Å²) in [5, 5.41) is 0. The van der Waals surface area contributed by atoms with Gasteiger partial charge >= 0.3 is 0 Å². The first-order valence-corrected chi connectivity index (χ1v) is 7.94. The lowest BCUT2D eigenvalue weighted by Crippen LogP contribution is -2.35. The molecule has 1 aliphatic rings. The Morgan fingerprint density at radius 2 is 2.11 bits per heavy atom. The Bertz CT molecular complexity index is 342. The molecule has 1 heterocycles. The van der Waals surface area contributed by atoms with Gasteiger partial charge in [0.1, 0.15) is 0 Å². The Morgan fingerprint density at radius 1 is 1.32 bits per heavy atom. The molecule has 2 nitrogen and oxygen atoms in total. The summed E-state index contributed by atoms with van der Waals surface area (Å²) in [6.45, 7) is 2.29. The Labute approximate surface area is 117 Å². The third-order valence-electron chi connectivity index (χ3n) is 4.66. The van der Waals surface area contributed by atoms with Crippen LogP contribution in [0.2, 0.25) is 0 Å². The molecule has 0 saturated heterocycles. The number of aromatic nitrogens is 1. The van der Waals surface area contributed by atoms with Crippen molar-refractivity contribution in [1.29, 1.82) is 0 Å². The van der Waals surface area contributed by atoms with Crippen molar-refractivity contribution < 1.29 is 0 Å². The molecule has 0 bridgehead atoms. The van der Waals surface area contributed by atoms with Crippen molar-refractivity contribution >= 4 is 0 Å². The smallest absolute Gasteiger partial charge is 0.0300 e. The maximum atomic E-state index is 6.40. The molecule has 0 amide bonds. The van der Waals surface area contributed by atoms with Crippen LogP contribution in [0.4, 0.5) is 0 Å². The monoisotopic (exact) mass is 260 g/mol. The van der Waals surface area contributed by atoms with E-state index < -0.39 is 0 Å². The van der Waals surface area contributed by atoms with E-state index in [9.17, 15) is 0 Å². The van der Waals surface area contributed by atoms with Crippen LogP contribution in [0.1, 0.15) is 57.4 Å². The van der Waals surface area contributed by atoms with Gasteiger partial charge in [-0.05, 0) is 42.7 Å². The van der Waals surface area contributed by atoms with Gasteiger partial charge in [-0.3, -0.25) is 4.98 Å². The van der Waals surface area contributed by atoms with Crippen molar-refractivity contribution in [1.82, 2.24) is 4.98 Å². The van der Waals surface area contributed by atoms with Crippen LogP contribution in [0.25, 0.3) is 0 Å². The lowest BCUT2D eigenvalue weighted by Gasteiger charge is -2.32. The second kappa shape index (κ2) is 7.64. The van der Waals surface area contributed by atoms with Gasteiger partial charge in [-0.1, -0.05) is 45.1 Å². The minimum absolute atomic E-state index is 0.316. The molecule has 1 aromatic heterocycles. The molecule has 19 heavy (non-hydrogen) atoms. The molecule has 2 heteroatoms. The summed E-state index contributed by atoms with van der Waals surface area (Å²) in [6, 6.07) is 4.46. The first-order valence-electron chi connectivity index (χ1n) is 7.94. The van der Waals surface area contributed by atoms with Crippen LogP contribution in [-0.4, -0.2) is 11.0 Å². The SMILES string of the molecule is CCCCC1CCC(C(N)Cc2cccnc2)CC1. The Hall–Kier alpha value is -0.890. The van der Waals surface area contributed by atoms with E-state index in [1.165, 1.54) is 50.5 Å². The minimum atomic E-state index is 0.316. The van der Waals surface area contributed by atoms with Crippen molar-refractivity contribution in [2.75, 3.05) is 0 Å². The molecule has 1 atom stereocenters. The molecule has 1 aromatic rings. The first kappa shape index (κ1) is 14.5. The van der Waals surface area contributed by atoms with Crippen LogP contribution in [0.5, 0.6) is 0 Å². The van der Waals surface area contributed by atoms with Crippen LogP contribution >= 0.6 is 0 Å². The molecule has 0 spiro atoms. The highest BCUT2D eigenvalue weighted by Gasteiger charge is 2.25. The highest BCUT2D eigenvalue weighted by atomic mass is 14.7. The van der Waals surface area contributed by atoms with Crippen LogP contribution < -0.4 is 5.73 Å². The van der Waals surface area contributed by atoms with Crippen LogP contribution in [0.3, 0.4) is 0 Å². The average Bonchev–Trinajstić information content (AvgIpc) is 2.46. The van der Waals surface area contributed by atoms with Gasteiger partial charge in [0.05, 0.1) is 0 Å². The number of rotatable bonds is 6. The maximum absolute atomic E-state index is 6.40. The highest BCUT2D eigenvalue weighted by Crippen LogP contribution is 2.33. The molecule has 0 aromatic carbocycles. The zero-order chi connectivity index (χ0) is 13.5. The van der Waals surface area contributed by atoms with Crippen molar-refractivity contribution in [3.05, 3.63) is 30.1 Å². The van der Waals surface area contributed by atoms with Gasteiger partial charge in [-0.2, -0.15) is 0 Å². The summed E-state index contributed by atoms with van der Waals surface area (Å²) in [5.41, 5.74) is 7.68. The number of nitrogens with two attached hydrogens (primary N) is 1. The lowest BCUT2D eigenvalue weighted by atomic mass is 9.76. The van der Waals surface area contributed by atoms with Gasteiger partial charge in [0.2, 0.25) is 0 Å². The Balaban J connectivity index is 1.74. The summed E-state index contributed by atoms with van der Waals surface area (Å²) < 4.78 is 0. The normalized spacial score (nSPS) is 25.2. The number of pyridine rings is 1. The summed E-state index contributed by atoms with van der Waals surface area (Å²) in [7, 11) is 0. The van der Waals surface area contributed by atoms with Crippen molar-refractivity contribution in [2.24, 2.45) is 17.6 Å². The minimum Gasteiger partial charge on any atom is -0.327 e. The van der Waals surface area contributed by atoms with E-state index in [-0.39, 0.29) is 0 Å². The van der Waals surface area contributed by atoms with Gasteiger partial charge in [0.25, 0.3) is 0 Å². The molecule has 2 N–H and O–H groups in total.